The Hall–Kier alpha value is -2.58. The number of ether oxygens (including phenoxy) is 1. The molecule has 0 bridgehead atoms. The van der Waals surface area contributed by atoms with Crippen LogP contribution in [0.1, 0.15) is 36.1 Å². The zero-order valence-electron chi connectivity index (χ0n) is 14.4. The van der Waals surface area contributed by atoms with E-state index in [-0.39, 0.29) is 11.5 Å². The smallest absolute Gasteiger partial charge is 0.427 e. The van der Waals surface area contributed by atoms with Gasteiger partial charge in [0.25, 0.3) is 5.91 Å². The van der Waals surface area contributed by atoms with Crippen molar-refractivity contribution < 1.29 is 27.1 Å². The van der Waals surface area contributed by atoms with Gasteiger partial charge in [-0.05, 0) is 18.1 Å². The molecule has 0 fully saturated rings. The van der Waals surface area contributed by atoms with E-state index in [0.29, 0.717) is 5.82 Å². The molecule has 0 aliphatic rings. The average molecular weight is 373 g/mol. The first-order valence-electron chi connectivity index (χ1n) is 7.85. The van der Waals surface area contributed by atoms with Crippen LogP contribution in [0.5, 0.6) is 5.75 Å². The Kier molecular flexibility index (Phi) is 5.89. The van der Waals surface area contributed by atoms with Crippen molar-refractivity contribution in [3.05, 3.63) is 48.0 Å². The van der Waals surface area contributed by atoms with Crippen LogP contribution in [-0.4, -0.2) is 28.0 Å². The number of benzene rings is 1. The summed E-state index contributed by atoms with van der Waals surface area (Å²) < 4.78 is 57.1. The van der Waals surface area contributed by atoms with Gasteiger partial charge < -0.3 is 14.6 Å². The van der Waals surface area contributed by atoms with E-state index in [1.54, 1.807) is 24.0 Å². The van der Waals surface area contributed by atoms with Crippen LogP contribution in [0.25, 0.3) is 0 Å². The number of carbonyl (C=O) groups is 1. The van der Waals surface area contributed by atoms with Crippen LogP contribution in [0.2, 0.25) is 0 Å². The largest absolute Gasteiger partial charge is 0.461 e. The quantitative estimate of drug-likeness (QED) is 0.752. The molecule has 1 atom stereocenters. The fourth-order valence-corrected chi connectivity index (χ4v) is 2.36. The van der Waals surface area contributed by atoms with Crippen molar-refractivity contribution >= 4 is 5.91 Å². The van der Waals surface area contributed by atoms with Crippen molar-refractivity contribution in [3.8, 4) is 5.75 Å². The van der Waals surface area contributed by atoms with Crippen molar-refractivity contribution in [1.82, 2.24) is 14.9 Å². The highest BCUT2D eigenvalue weighted by Gasteiger charge is 2.44. The van der Waals surface area contributed by atoms with E-state index < -0.39 is 30.2 Å². The number of nitrogens with zero attached hydrogens (tertiary/aromatic N) is 2. The number of nitrogens with one attached hydrogen (secondary N) is 1. The summed E-state index contributed by atoms with van der Waals surface area (Å²) in [6.45, 7) is 3.71. The minimum atomic E-state index is -4.70. The van der Waals surface area contributed by atoms with Gasteiger partial charge in [0.05, 0.1) is 11.6 Å². The molecule has 0 radical (unpaired) electrons. The Morgan fingerprint density at radius 1 is 1.27 bits per heavy atom. The van der Waals surface area contributed by atoms with Crippen LogP contribution in [0.15, 0.2) is 36.7 Å². The molecule has 5 nitrogen and oxygen atoms in total. The molecule has 1 unspecified atom stereocenters. The predicted molar refractivity (Wildman–Crippen MR) is 86.3 cm³/mol. The van der Waals surface area contributed by atoms with E-state index in [2.05, 4.69) is 15.0 Å². The molecule has 1 aromatic carbocycles. The van der Waals surface area contributed by atoms with E-state index in [0.717, 1.165) is 6.07 Å². The molecule has 0 saturated heterocycles. The zero-order valence-corrected chi connectivity index (χ0v) is 14.4. The lowest BCUT2D eigenvalue weighted by Gasteiger charge is -2.23. The summed E-state index contributed by atoms with van der Waals surface area (Å²) in [5.74, 6) is -0.842. The number of para-hydroxylation sites is 1. The first kappa shape index (κ1) is 19.7. The van der Waals surface area contributed by atoms with Gasteiger partial charge in [0.2, 0.25) is 0 Å². The SMILES string of the molecule is CC(C)C(NC(=O)c1ccccc1OC(F)(F)C(F)F)c1nccn1C. The fraction of sp³-hybridized carbons (Fsp3) is 0.412. The van der Waals surface area contributed by atoms with E-state index >= 15 is 0 Å². The van der Waals surface area contributed by atoms with E-state index in [9.17, 15) is 22.4 Å². The number of hydrogen-bond donors (Lipinski definition) is 1. The molecule has 0 spiro atoms. The standard InChI is InChI=1S/C17H19F4N3O2/c1-10(2)13(14-22-8-9-24(14)3)23-15(25)11-6-4-5-7-12(11)26-17(20,21)16(18)19/h4-10,13,16H,1-3H3,(H,23,25). The Morgan fingerprint density at radius 2 is 1.92 bits per heavy atom. The van der Waals surface area contributed by atoms with Gasteiger partial charge in [-0.1, -0.05) is 26.0 Å². The van der Waals surface area contributed by atoms with Gasteiger partial charge in [-0.15, -0.1) is 0 Å². The summed E-state index contributed by atoms with van der Waals surface area (Å²) in [6, 6.07) is 4.49. The second-order valence-electron chi connectivity index (χ2n) is 6.05. The summed E-state index contributed by atoms with van der Waals surface area (Å²) in [5.41, 5.74) is -0.271. The first-order chi connectivity index (χ1) is 12.1. The second-order valence-corrected chi connectivity index (χ2v) is 6.05. The number of amides is 1. The number of alkyl halides is 4. The third kappa shape index (κ3) is 4.33. The van der Waals surface area contributed by atoms with Crippen LogP contribution in [-0.2, 0) is 7.05 Å². The highest BCUT2D eigenvalue weighted by atomic mass is 19.3. The fourth-order valence-electron chi connectivity index (χ4n) is 2.36. The maximum absolute atomic E-state index is 13.2. The molecule has 2 rings (SSSR count). The number of aromatic nitrogens is 2. The minimum Gasteiger partial charge on any atom is -0.427 e. The van der Waals surface area contributed by atoms with Crippen molar-refractivity contribution in [2.75, 3.05) is 0 Å². The number of rotatable bonds is 7. The highest BCUT2D eigenvalue weighted by Crippen LogP contribution is 2.30. The molecule has 0 aliphatic heterocycles. The summed E-state index contributed by atoms with van der Waals surface area (Å²) >= 11 is 0. The Bertz CT molecular complexity index is 762. The predicted octanol–water partition coefficient (Wildman–Crippen LogP) is 3.78. The zero-order chi connectivity index (χ0) is 19.5. The van der Waals surface area contributed by atoms with Crippen molar-refractivity contribution in [2.24, 2.45) is 13.0 Å². The van der Waals surface area contributed by atoms with E-state index in [1.807, 2.05) is 13.8 Å². The molecule has 1 aromatic heterocycles. The monoisotopic (exact) mass is 373 g/mol. The lowest BCUT2D eigenvalue weighted by atomic mass is 10.0. The topological polar surface area (TPSA) is 56.1 Å². The number of carbonyl (C=O) groups excluding carboxylic acids is 1. The number of aryl methyl sites for hydroxylation is 1. The van der Waals surface area contributed by atoms with Crippen molar-refractivity contribution in [1.29, 1.82) is 0 Å². The maximum atomic E-state index is 13.2. The third-order valence-corrected chi connectivity index (χ3v) is 3.72. The molecule has 142 valence electrons. The number of halogens is 4. The third-order valence-electron chi connectivity index (χ3n) is 3.72. The van der Waals surface area contributed by atoms with Crippen LogP contribution in [0, 0.1) is 5.92 Å². The second kappa shape index (κ2) is 7.76. The van der Waals surface area contributed by atoms with Crippen molar-refractivity contribution in [2.45, 2.75) is 32.4 Å². The molecule has 9 heteroatoms. The molecule has 1 heterocycles. The van der Waals surface area contributed by atoms with Gasteiger partial charge in [0.15, 0.2) is 0 Å². The van der Waals surface area contributed by atoms with Gasteiger partial charge in [0, 0.05) is 19.4 Å². The Balaban J connectivity index is 2.28. The molecule has 1 amide bonds. The van der Waals surface area contributed by atoms with Crippen LogP contribution < -0.4 is 10.1 Å². The van der Waals surface area contributed by atoms with Crippen LogP contribution >= 0.6 is 0 Å². The molecular formula is C17H19F4N3O2. The minimum absolute atomic E-state index is 0.0596. The maximum Gasteiger partial charge on any atom is 0.461 e. The summed E-state index contributed by atoms with van der Waals surface area (Å²) in [4.78, 5) is 16.8. The average Bonchev–Trinajstić information content (AvgIpc) is 2.97. The van der Waals surface area contributed by atoms with Crippen LogP contribution in [0.4, 0.5) is 17.6 Å². The molecule has 0 aliphatic carbocycles. The normalized spacial score (nSPS) is 13.1. The van der Waals surface area contributed by atoms with Crippen LogP contribution in [0.3, 0.4) is 0 Å². The van der Waals surface area contributed by atoms with Gasteiger partial charge in [-0.25, -0.2) is 4.98 Å². The Morgan fingerprint density at radius 3 is 2.46 bits per heavy atom. The van der Waals surface area contributed by atoms with Crippen molar-refractivity contribution in [3.63, 3.8) is 0 Å². The van der Waals surface area contributed by atoms with Gasteiger partial charge in [-0.2, -0.15) is 17.6 Å². The molecular weight excluding hydrogens is 354 g/mol. The molecule has 2 aromatic rings. The summed E-state index contributed by atoms with van der Waals surface area (Å²) in [5, 5.41) is 2.70. The van der Waals surface area contributed by atoms with E-state index in [1.165, 1.54) is 18.2 Å². The highest BCUT2D eigenvalue weighted by molar-refractivity contribution is 5.97. The molecule has 1 N–H and O–H groups in total. The first-order valence-corrected chi connectivity index (χ1v) is 7.85. The number of hydrogen-bond acceptors (Lipinski definition) is 3. The number of imidazole rings is 1. The van der Waals surface area contributed by atoms with Gasteiger partial charge >= 0.3 is 12.5 Å². The molecule has 26 heavy (non-hydrogen) atoms. The Labute approximate surface area is 148 Å². The molecule has 0 saturated carbocycles. The lowest BCUT2D eigenvalue weighted by molar-refractivity contribution is -0.253. The van der Waals surface area contributed by atoms with E-state index in [4.69, 9.17) is 0 Å². The van der Waals surface area contributed by atoms with Gasteiger partial charge in [0.1, 0.15) is 11.6 Å². The van der Waals surface area contributed by atoms with Gasteiger partial charge in [-0.3, -0.25) is 4.79 Å². The summed E-state index contributed by atoms with van der Waals surface area (Å²) in [7, 11) is 1.75. The summed E-state index contributed by atoms with van der Waals surface area (Å²) in [6.07, 6.45) is -5.45. The lowest BCUT2D eigenvalue weighted by Crippen LogP contribution is -2.36.